The van der Waals surface area contributed by atoms with Crippen molar-refractivity contribution in [1.82, 2.24) is 9.13 Å². The predicted molar refractivity (Wildman–Crippen MR) is 222 cm³/mol. The third-order valence-electron chi connectivity index (χ3n) is 10.8. The fourth-order valence-electron chi connectivity index (χ4n) is 7.52. The lowest BCUT2D eigenvalue weighted by molar-refractivity contribution is 0.590. The van der Waals surface area contributed by atoms with Gasteiger partial charge in [0.15, 0.2) is 0 Å². The molecule has 4 heteroatoms. The van der Waals surface area contributed by atoms with Gasteiger partial charge in [0.05, 0.1) is 46.6 Å². The lowest BCUT2D eigenvalue weighted by atomic mass is 9.85. The summed E-state index contributed by atoms with van der Waals surface area (Å²) in [4.78, 5) is 8.13. The molecule has 0 amide bonds. The van der Waals surface area contributed by atoms with E-state index in [1.165, 1.54) is 43.8 Å². The Kier molecular flexibility index (Phi) is 7.83. The van der Waals surface area contributed by atoms with Crippen molar-refractivity contribution in [1.29, 1.82) is 0 Å². The normalized spacial score (nSPS) is 13.0. The van der Waals surface area contributed by atoms with Crippen LogP contribution in [0.1, 0.15) is 105 Å². The minimum absolute atomic E-state index is 0.0212. The molecule has 7 rings (SSSR count). The molecule has 0 saturated carbocycles. The number of hydrogen-bond donors (Lipinski definition) is 0. The zero-order chi connectivity index (χ0) is 37.7. The van der Waals surface area contributed by atoms with Crippen molar-refractivity contribution < 1.29 is 0 Å². The lowest BCUT2D eigenvalue weighted by Crippen LogP contribution is -2.10. The van der Waals surface area contributed by atoms with Gasteiger partial charge in [0.25, 0.3) is 0 Å². The van der Waals surface area contributed by atoms with E-state index in [1.807, 2.05) is 0 Å². The molecule has 0 spiro atoms. The van der Waals surface area contributed by atoms with Gasteiger partial charge in [0, 0.05) is 21.5 Å². The average Bonchev–Trinajstić information content (AvgIpc) is 3.57. The second kappa shape index (κ2) is 11.6. The van der Waals surface area contributed by atoms with E-state index in [-0.39, 0.29) is 21.7 Å². The Labute approximate surface area is 309 Å². The standard InChI is InChI=1S/C48H50N4/c1-45(2,3)29-15-19-39-33(23-29)34-24-30(46(4,5)6)16-20-40(34)51(39)43-28-44(38(50-14)27-37(43)49-13)52-41-21-17-31(47(7,8)9)25-35(41)36-26-32(48(10,11)12)18-22-42(36)52/h15-28H,1-12H3. The number of benzene rings is 5. The highest BCUT2D eigenvalue weighted by Crippen LogP contribution is 2.45. The van der Waals surface area contributed by atoms with Crippen LogP contribution >= 0.6 is 0 Å². The van der Waals surface area contributed by atoms with Crippen molar-refractivity contribution in [3.63, 3.8) is 0 Å². The van der Waals surface area contributed by atoms with Gasteiger partial charge < -0.3 is 9.13 Å². The zero-order valence-electron chi connectivity index (χ0n) is 32.9. The first-order valence-corrected chi connectivity index (χ1v) is 18.3. The van der Waals surface area contributed by atoms with Gasteiger partial charge in [-0.05, 0) is 105 Å². The van der Waals surface area contributed by atoms with E-state index in [0.717, 1.165) is 33.4 Å². The second-order valence-electron chi connectivity index (χ2n) is 18.7. The molecule has 4 nitrogen and oxygen atoms in total. The number of aromatic nitrogens is 2. The number of fused-ring (bicyclic) bond motifs is 6. The maximum atomic E-state index is 8.38. The van der Waals surface area contributed by atoms with Crippen LogP contribution in [0.5, 0.6) is 0 Å². The molecule has 0 atom stereocenters. The van der Waals surface area contributed by atoms with Crippen molar-refractivity contribution in [3.05, 3.63) is 130 Å². The highest BCUT2D eigenvalue weighted by atomic mass is 15.0. The van der Waals surface area contributed by atoms with Crippen LogP contribution in [0, 0.1) is 13.1 Å². The van der Waals surface area contributed by atoms with E-state index in [9.17, 15) is 0 Å². The van der Waals surface area contributed by atoms with Crippen LogP contribution in [0.15, 0.2) is 84.9 Å². The predicted octanol–water partition coefficient (Wildman–Crippen LogP) is 14.2. The van der Waals surface area contributed by atoms with Gasteiger partial charge in [-0.15, -0.1) is 0 Å². The monoisotopic (exact) mass is 682 g/mol. The summed E-state index contributed by atoms with van der Waals surface area (Å²) in [5, 5.41) is 4.67. The molecule has 262 valence electrons. The second-order valence-corrected chi connectivity index (χ2v) is 18.7. The van der Waals surface area contributed by atoms with Crippen molar-refractivity contribution in [2.24, 2.45) is 0 Å². The van der Waals surface area contributed by atoms with Crippen molar-refractivity contribution >= 4 is 55.0 Å². The van der Waals surface area contributed by atoms with E-state index in [2.05, 4.69) is 181 Å². The molecule has 0 aliphatic rings. The first-order chi connectivity index (χ1) is 24.2. The van der Waals surface area contributed by atoms with E-state index in [4.69, 9.17) is 13.1 Å². The minimum Gasteiger partial charge on any atom is -0.319 e. The fourth-order valence-corrected chi connectivity index (χ4v) is 7.52. The SMILES string of the molecule is [C-]#[N+]c1cc([N+]#[C-])c(-n2c3ccc(C(C)(C)C)cc3c3cc(C(C)(C)C)ccc32)cc1-n1c2ccc(C(C)(C)C)cc2c2cc(C(C)(C)C)ccc21. The fraction of sp³-hybridized carbons (Fsp3) is 0.333. The lowest BCUT2D eigenvalue weighted by Gasteiger charge is -2.20. The van der Waals surface area contributed by atoms with Gasteiger partial charge in [-0.2, -0.15) is 0 Å². The van der Waals surface area contributed by atoms with Crippen LogP contribution < -0.4 is 0 Å². The largest absolute Gasteiger partial charge is 0.319 e. The molecule has 2 heterocycles. The Morgan fingerprint density at radius 3 is 0.827 bits per heavy atom. The van der Waals surface area contributed by atoms with Crippen LogP contribution in [0.4, 0.5) is 11.4 Å². The first-order valence-electron chi connectivity index (χ1n) is 18.3. The molecule has 0 aliphatic heterocycles. The van der Waals surface area contributed by atoms with Crippen LogP contribution in [0.2, 0.25) is 0 Å². The van der Waals surface area contributed by atoms with Crippen molar-refractivity contribution in [2.75, 3.05) is 0 Å². The smallest absolute Gasteiger partial charge is 0.200 e. The van der Waals surface area contributed by atoms with Gasteiger partial charge in [-0.3, -0.25) is 0 Å². The van der Waals surface area contributed by atoms with E-state index < -0.39 is 0 Å². The molecular weight excluding hydrogens is 633 g/mol. The van der Waals surface area contributed by atoms with Gasteiger partial charge in [-0.25, -0.2) is 9.69 Å². The summed E-state index contributed by atoms with van der Waals surface area (Å²) >= 11 is 0. The van der Waals surface area contributed by atoms with Crippen molar-refractivity contribution in [2.45, 2.75) is 105 Å². The molecular formula is C48H50N4. The van der Waals surface area contributed by atoms with Gasteiger partial charge >= 0.3 is 0 Å². The van der Waals surface area contributed by atoms with Crippen LogP contribution in [0.25, 0.3) is 64.7 Å². The third kappa shape index (κ3) is 5.66. The molecule has 0 N–H and O–H groups in total. The number of nitrogens with zero attached hydrogens (tertiary/aromatic N) is 4. The van der Waals surface area contributed by atoms with Crippen LogP contribution in [-0.4, -0.2) is 9.13 Å². The summed E-state index contributed by atoms with van der Waals surface area (Å²) in [5.74, 6) is 0. The van der Waals surface area contributed by atoms with Gasteiger partial charge in [0.2, 0.25) is 11.4 Å². The first kappa shape index (κ1) is 35.1. The molecule has 0 saturated heterocycles. The van der Waals surface area contributed by atoms with E-state index in [1.54, 1.807) is 6.07 Å². The Balaban J connectivity index is 1.61. The molecule has 2 aromatic heterocycles. The minimum atomic E-state index is -0.0212. The number of rotatable bonds is 2. The Morgan fingerprint density at radius 2 is 0.615 bits per heavy atom. The summed E-state index contributed by atoms with van der Waals surface area (Å²) in [6, 6.07) is 31.0. The summed E-state index contributed by atoms with van der Waals surface area (Å²) in [7, 11) is 0. The highest BCUT2D eigenvalue weighted by molar-refractivity contribution is 6.12. The molecule has 0 unspecified atom stereocenters. The Morgan fingerprint density at radius 1 is 0.365 bits per heavy atom. The Bertz CT molecular complexity index is 2340. The van der Waals surface area contributed by atoms with E-state index in [0.29, 0.717) is 11.4 Å². The van der Waals surface area contributed by atoms with E-state index >= 15 is 0 Å². The topological polar surface area (TPSA) is 18.6 Å². The van der Waals surface area contributed by atoms with Crippen LogP contribution in [-0.2, 0) is 21.7 Å². The highest BCUT2D eigenvalue weighted by Gasteiger charge is 2.25. The summed E-state index contributed by atoms with van der Waals surface area (Å²) in [5.41, 5.74) is 11.6. The molecule has 0 fully saturated rings. The molecule has 0 bridgehead atoms. The molecule has 52 heavy (non-hydrogen) atoms. The maximum absolute atomic E-state index is 8.38. The van der Waals surface area contributed by atoms with Crippen LogP contribution in [0.3, 0.4) is 0 Å². The summed E-state index contributed by atoms with van der Waals surface area (Å²) < 4.78 is 4.49. The molecule has 0 radical (unpaired) electrons. The van der Waals surface area contributed by atoms with Gasteiger partial charge in [0.1, 0.15) is 0 Å². The number of hydrogen-bond acceptors (Lipinski definition) is 0. The van der Waals surface area contributed by atoms with Gasteiger partial charge in [-0.1, -0.05) is 107 Å². The summed E-state index contributed by atoms with van der Waals surface area (Å²) in [6.45, 7) is 43.8. The zero-order valence-corrected chi connectivity index (χ0v) is 32.9. The quantitative estimate of drug-likeness (QED) is 0.162. The molecule has 5 aromatic carbocycles. The Hall–Kier alpha value is -5.32. The molecule has 0 aliphatic carbocycles. The maximum Gasteiger partial charge on any atom is 0.200 e. The third-order valence-corrected chi connectivity index (χ3v) is 10.8. The summed E-state index contributed by atoms with van der Waals surface area (Å²) in [6.07, 6.45) is 0. The average molecular weight is 683 g/mol. The van der Waals surface area contributed by atoms with Crippen molar-refractivity contribution in [3.8, 4) is 11.4 Å². The molecule has 7 aromatic rings.